The van der Waals surface area contributed by atoms with E-state index in [1.54, 1.807) is 0 Å². The predicted molar refractivity (Wildman–Crippen MR) is 96.2 cm³/mol. The van der Waals surface area contributed by atoms with E-state index in [2.05, 4.69) is 22.0 Å². The van der Waals surface area contributed by atoms with E-state index >= 15 is 0 Å². The van der Waals surface area contributed by atoms with Crippen molar-refractivity contribution in [3.8, 4) is 0 Å². The summed E-state index contributed by atoms with van der Waals surface area (Å²) < 4.78 is 19.9. The lowest BCUT2D eigenvalue weighted by Crippen LogP contribution is -2.46. The van der Waals surface area contributed by atoms with Gasteiger partial charge in [-0.05, 0) is 37.1 Å². The Kier molecular flexibility index (Phi) is 6.26. The zero-order valence-electron chi connectivity index (χ0n) is 15.0. The first-order valence-electron chi connectivity index (χ1n) is 9.29. The van der Waals surface area contributed by atoms with Gasteiger partial charge in [-0.3, -0.25) is 4.79 Å². The molecule has 1 amide bonds. The molecule has 0 spiro atoms. The molecule has 1 N–H and O–H groups in total. The smallest absolute Gasteiger partial charge is 0.222 e. The van der Waals surface area contributed by atoms with E-state index in [1.165, 1.54) is 6.07 Å². The third-order valence-electron chi connectivity index (χ3n) is 5.10. The first-order valence-corrected chi connectivity index (χ1v) is 9.29. The maximum Gasteiger partial charge on any atom is 0.222 e. The molecule has 2 aliphatic rings. The Hall–Kier alpha value is -1.66. The summed E-state index contributed by atoms with van der Waals surface area (Å²) in [7, 11) is 0. The molecular formula is C19H28FN3O2. The van der Waals surface area contributed by atoms with E-state index in [0.717, 1.165) is 57.7 Å². The number of piperazine rings is 1. The Bertz CT molecular complexity index is 582. The highest BCUT2D eigenvalue weighted by Gasteiger charge is 2.20. The average Bonchev–Trinajstić information content (AvgIpc) is 3.13. The topological polar surface area (TPSA) is 44.8 Å². The fourth-order valence-electron chi connectivity index (χ4n) is 3.51. The van der Waals surface area contributed by atoms with Crippen molar-refractivity contribution in [2.24, 2.45) is 0 Å². The number of ether oxygens (including phenoxy) is 1. The van der Waals surface area contributed by atoms with E-state index in [4.69, 9.17) is 4.74 Å². The van der Waals surface area contributed by atoms with E-state index in [1.807, 2.05) is 12.1 Å². The summed E-state index contributed by atoms with van der Waals surface area (Å²) >= 11 is 0. The molecule has 2 saturated heterocycles. The summed E-state index contributed by atoms with van der Waals surface area (Å²) in [5.41, 5.74) is 1.44. The van der Waals surface area contributed by atoms with Crippen molar-refractivity contribution in [1.82, 2.24) is 10.2 Å². The van der Waals surface area contributed by atoms with Gasteiger partial charge >= 0.3 is 0 Å². The molecule has 2 fully saturated rings. The second-order valence-corrected chi connectivity index (χ2v) is 6.82. The predicted octanol–water partition coefficient (Wildman–Crippen LogP) is 2.15. The van der Waals surface area contributed by atoms with Crippen LogP contribution in [-0.2, 0) is 16.1 Å². The molecule has 0 bridgehead atoms. The Labute approximate surface area is 149 Å². The van der Waals surface area contributed by atoms with Gasteiger partial charge in [-0.1, -0.05) is 13.0 Å². The second kappa shape index (κ2) is 8.63. The van der Waals surface area contributed by atoms with E-state index in [0.29, 0.717) is 18.7 Å². The number of benzene rings is 1. The van der Waals surface area contributed by atoms with E-state index in [9.17, 15) is 9.18 Å². The third-order valence-corrected chi connectivity index (χ3v) is 5.10. The number of rotatable bonds is 6. The molecule has 138 valence electrons. The lowest BCUT2D eigenvalue weighted by molar-refractivity contribution is -0.123. The molecule has 6 heteroatoms. The molecule has 25 heavy (non-hydrogen) atoms. The fourth-order valence-corrected chi connectivity index (χ4v) is 3.51. The molecule has 0 aliphatic carbocycles. The lowest BCUT2D eigenvalue weighted by Gasteiger charge is -2.35. The number of carbonyl (C=O) groups is 1. The van der Waals surface area contributed by atoms with Crippen LogP contribution in [0.2, 0.25) is 0 Å². The maximum absolute atomic E-state index is 14.5. The minimum atomic E-state index is -0.212. The van der Waals surface area contributed by atoms with Gasteiger partial charge in [0.25, 0.3) is 0 Å². The SMILES string of the molecule is CCN1CCN(c2ccc(CNC(=O)CC3CCCO3)cc2F)CC1. The van der Waals surface area contributed by atoms with Gasteiger partial charge in [0.05, 0.1) is 18.2 Å². The minimum Gasteiger partial charge on any atom is -0.378 e. The normalized spacial score (nSPS) is 21.5. The molecule has 1 unspecified atom stereocenters. The number of halogens is 1. The highest BCUT2D eigenvalue weighted by atomic mass is 19.1. The van der Waals surface area contributed by atoms with Crippen LogP contribution in [0.1, 0.15) is 31.7 Å². The first-order chi connectivity index (χ1) is 12.2. The molecule has 1 aromatic carbocycles. The van der Waals surface area contributed by atoms with Crippen LogP contribution >= 0.6 is 0 Å². The average molecular weight is 349 g/mol. The van der Waals surface area contributed by atoms with Gasteiger partial charge in [-0.25, -0.2) is 4.39 Å². The molecule has 3 rings (SSSR count). The van der Waals surface area contributed by atoms with Crippen LogP contribution in [0.3, 0.4) is 0 Å². The molecule has 1 aromatic rings. The number of carbonyl (C=O) groups excluding carboxylic acids is 1. The van der Waals surface area contributed by atoms with Crippen molar-refractivity contribution < 1.29 is 13.9 Å². The summed E-state index contributed by atoms with van der Waals surface area (Å²) in [5, 5.41) is 2.86. The van der Waals surface area contributed by atoms with Crippen molar-refractivity contribution in [3.63, 3.8) is 0 Å². The van der Waals surface area contributed by atoms with Crippen LogP contribution in [-0.4, -0.2) is 56.2 Å². The second-order valence-electron chi connectivity index (χ2n) is 6.82. The Balaban J connectivity index is 1.50. The number of hydrogen-bond acceptors (Lipinski definition) is 4. The van der Waals surface area contributed by atoms with Gasteiger partial charge in [0.2, 0.25) is 5.91 Å². The monoisotopic (exact) mass is 349 g/mol. The van der Waals surface area contributed by atoms with Gasteiger partial charge in [0, 0.05) is 39.3 Å². The molecule has 2 aliphatic heterocycles. The van der Waals surface area contributed by atoms with Crippen LogP contribution in [0.25, 0.3) is 0 Å². The van der Waals surface area contributed by atoms with Crippen molar-refractivity contribution in [3.05, 3.63) is 29.6 Å². The largest absolute Gasteiger partial charge is 0.378 e. The zero-order valence-corrected chi connectivity index (χ0v) is 15.0. The van der Waals surface area contributed by atoms with Crippen LogP contribution < -0.4 is 10.2 Å². The van der Waals surface area contributed by atoms with Crippen molar-refractivity contribution in [2.45, 2.75) is 38.8 Å². The molecule has 1 atom stereocenters. The van der Waals surface area contributed by atoms with Crippen molar-refractivity contribution in [1.29, 1.82) is 0 Å². The van der Waals surface area contributed by atoms with Gasteiger partial charge in [0.1, 0.15) is 5.82 Å². The molecule has 2 heterocycles. The maximum atomic E-state index is 14.5. The van der Waals surface area contributed by atoms with Crippen molar-refractivity contribution in [2.75, 3.05) is 44.2 Å². The number of amides is 1. The van der Waals surface area contributed by atoms with Gasteiger partial charge in [-0.15, -0.1) is 0 Å². The van der Waals surface area contributed by atoms with Gasteiger partial charge in [-0.2, -0.15) is 0 Å². The van der Waals surface area contributed by atoms with Gasteiger partial charge < -0.3 is 19.9 Å². The van der Waals surface area contributed by atoms with Crippen LogP contribution in [0.15, 0.2) is 18.2 Å². The standard InChI is InChI=1S/C19H28FN3O2/c1-2-22-7-9-23(10-8-22)18-6-5-15(12-17(18)20)14-21-19(24)13-16-4-3-11-25-16/h5-6,12,16H,2-4,7-11,13-14H2,1H3,(H,21,24). The van der Waals surface area contributed by atoms with Crippen LogP contribution in [0.4, 0.5) is 10.1 Å². The molecule has 0 radical (unpaired) electrons. The van der Waals surface area contributed by atoms with Crippen LogP contribution in [0, 0.1) is 5.82 Å². The van der Waals surface area contributed by atoms with E-state index < -0.39 is 0 Å². The highest BCUT2D eigenvalue weighted by Crippen LogP contribution is 2.22. The fraction of sp³-hybridized carbons (Fsp3) is 0.632. The van der Waals surface area contributed by atoms with E-state index in [-0.39, 0.29) is 17.8 Å². The molecule has 0 saturated carbocycles. The summed E-state index contributed by atoms with van der Waals surface area (Å²) in [6.07, 6.45) is 2.41. The molecule has 0 aromatic heterocycles. The summed E-state index contributed by atoms with van der Waals surface area (Å²) in [5.74, 6) is -0.247. The first kappa shape index (κ1) is 18.1. The Morgan fingerprint density at radius 1 is 1.32 bits per heavy atom. The quantitative estimate of drug-likeness (QED) is 0.855. The summed E-state index contributed by atoms with van der Waals surface area (Å²) in [4.78, 5) is 16.4. The molecular weight excluding hydrogens is 321 g/mol. The van der Waals surface area contributed by atoms with Gasteiger partial charge in [0.15, 0.2) is 0 Å². The minimum absolute atomic E-state index is 0.0351. The zero-order chi connectivity index (χ0) is 17.6. The summed E-state index contributed by atoms with van der Waals surface area (Å²) in [6.45, 7) is 7.93. The number of hydrogen-bond donors (Lipinski definition) is 1. The molecule has 5 nitrogen and oxygen atoms in total. The third kappa shape index (κ3) is 4.92. The number of anilines is 1. The Morgan fingerprint density at radius 3 is 2.76 bits per heavy atom. The highest BCUT2D eigenvalue weighted by molar-refractivity contribution is 5.76. The Morgan fingerprint density at radius 2 is 2.12 bits per heavy atom. The number of nitrogens with zero attached hydrogens (tertiary/aromatic N) is 2. The lowest BCUT2D eigenvalue weighted by atomic mass is 10.1. The number of likely N-dealkylation sites (N-methyl/N-ethyl adjacent to an activating group) is 1. The number of nitrogens with one attached hydrogen (secondary N) is 1. The summed E-state index contributed by atoms with van der Waals surface area (Å²) in [6, 6.07) is 5.27. The van der Waals surface area contributed by atoms with Crippen LogP contribution in [0.5, 0.6) is 0 Å². The van der Waals surface area contributed by atoms with Crippen molar-refractivity contribution >= 4 is 11.6 Å².